The van der Waals surface area contributed by atoms with Crippen molar-refractivity contribution in [3.05, 3.63) is 47.0 Å². The van der Waals surface area contributed by atoms with Crippen molar-refractivity contribution < 1.29 is 14.3 Å². The fraction of sp³-hybridized carbons (Fsp3) is 0.483. The minimum absolute atomic E-state index is 0.0528. The van der Waals surface area contributed by atoms with Crippen molar-refractivity contribution >= 4 is 39.6 Å². The summed E-state index contributed by atoms with van der Waals surface area (Å²) in [6.07, 6.45) is 5.21. The largest absolute Gasteiger partial charge is 0.474 e. The van der Waals surface area contributed by atoms with E-state index >= 15 is 0 Å². The Kier molecular flexibility index (Phi) is 7.48. The van der Waals surface area contributed by atoms with Gasteiger partial charge in [0.15, 0.2) is 5.65 Å². The molecule has 4 aromatic rings. The van der Waals surface area contributed by atoms with E-state index in [1.165, 1.54) is 14.0 Å². The van der Waals surface area contributed by atoms with Gasteiger partial charge >= 0.3 is 5.69 Å². The molecular formula is C29H36N8O4. The normalized spacial score (nSPS) is 19.4. The first-order valence-corrected chi connectivity index (χ1v) is 14.2. The number of aromatic nitrogens is 5. The second-order valence-corrected chi connectivity index (χ2v) is 11.0. The highest BCUT2D eigenvalue weighted by Crippen LogP contribution is 2.32. The van der Waals surface area contributed by atoms with E-state index in [1.807, 2.05) is 12.1 Å². The van der Waals surface area contributed by atoms with E-state index in [0.717, 1.165) is 55.4 Å². The Balaban J connectivity index is 1.13. The number of anilines is 2. The predicted molar refractivity (Wildman–Crippen MR) is 157 cm³/mol. The van der Waals surface area contributed by atoms with Gasteiger partial charge in [0.25, 0.3) is 0 Å². The molecule has 41 heavy (non-hydrogen) atoms. The van der Waals surface area contributed by atoms with Crippen LogP contribution in [0.1, 0.15) is 25.7 Å². The van der Waals surface area contributed by atoms with Crippen molar-refractivity contribution in [1.29, 1.82) is 0 Å². The number of imidazole rings is 1. The van der Waals surface area contributed by atoms with Crippen LogP contribution in [-0.2, 0) is 23.1 Å². The lowest BCUT2D eigenvalue weighted by Crippen LogP contribution is -2.37. The van der Waals surface area contributed by atoms with E-state index < -0.39 is 0 Å². The maximum Gasteiger partial charge on any atom is 0.330 e. The fourth-order valence-electron chi connectivity index (χ4n) is 5.54. The average Bonchev–Trinajstić information content (AvgIpc) is 3.22. The predicted octanol–water partition coefficient (Wildman–Crippen LogP) is 2.41. The van der Waals surface area contributed by atoms with Gasteiger partial charge in [0.05, 0.1) is 19.4 Å². The number of fused-ring (bicyclic) bond motifs is 2. The van der Waals surface area contributed by atoms with Gasteiger partial charge in [-0.05, 0) is 43.2 Å². The van der Waals surface area contributed by atoms with Gasteiger partial charge in [-0.2, -0.15) is 9.97 Å². The number of ether oxygens (including phenoxy) is 2. The highest BCUT2D eigenvalue weighted by atomic mass is 16.5. The lowest BCUT2D eigenvalue weighted by Gasteiger charge is -2.31. The van der Waals surface area contributed by atoms with E-state index in [9.17, 15) is 9.59 Å². The van der Waals surface area contributed by atoms with Crippen LogP contribution in [0.2, 0.25) is 0 Å². The third-order valence-corrected chi connectivity index (χ3v) is 7.98. The fourth-order valence-corrected chi connectivity index (χ4v) is 5.54. The Hall–Kier alpha value is -4.19. The molecule has 3 aromatic heterocycles. The lowest BCUT2D eigenvalue weighted by molar-refractivity contribution is -0.129. The molecule has 1 aliphatic carbocycles. The number of carbonyl (C=O) groups is 1. The third-order valence-electron chi connectivity index (χ3n) is 7.98. The monoisotopic (exact) mass is 560 g/mol. The van der Waals surface area contributed by atoms with Crippen LogP contribution in [0, 0.1) is 0 Å². The van der Waals surface area contributed by atoms with Gasteiger partial charge in [-0.1, -0.05) is 18.2 Å². The van der Waals surface area contributed by atoms with Crippen molar-refractivity contribution in [3.63, 3.8) is 0 Å². The number of amides is 1. The van der Waals surface area contributed by atoms with Gasteiger partial charge in [-0.15, -0.1) is 0 Å². The van der Waals surface area contributed by atoms with Crippen LogP contribution in [-0.4, -0.2) is 87.4 Å². The smallest absolute Gasteiger partial charge is 0.330 e. The Morgan fingerprint density at radius 1 is 1.12 bits per heavy atom. The maximum atomic E-state index is 12.8. The van der Waals surface area contributed by atoms with Crippen LogP contribution in [0.4, 0.5) is 11.8 Å². The molecule has 1 saturated heterocycles. The standard InChI is InChI=1S/C29H36N8O4/c1-34(2)25(38)18-37-23-17-30-28(33-26(23)35(3)29(37)39)31-20-8-10-21(11-9-20)41-27-22-7-5-4-6-19(22)16-24(32-27)36-12-14-40-15-13-36/h4-7,16-17,20-21H,8-15,18H2,1-3H3,(H,30,31,33). The van der Waals surface area contributed by atoms with Crippen molar-refractivity contribution in [2.24, 2.45) is 7.05 Å². The highest BCUT2D eigenvalue weighted by Gasteiger charge is 2.25. The number of aryl methyl sites for hydroxylation is 1. The summed E-state index contributed by atoms with van der Waals surface area (Å²) in [6.45, 7) is 3.00. The van der Waals surface area contributed by atoms with Crippen molar-refractivity contribution in [2.75, 3.05) is 50.6 Å². The van der Waals surface area contributed by atoms with E-state index in [-0.39, 0.29) is 30.3 Å². The summed E-state index contributed by atoms with van der Waals surface area (Å²) in [4.78, 5) is 42.7. The molecule has 12 heteroatoms. The molecule has 1 N–H and O–H groups in total. The number of nitrogens with zero attached hydrogens (tertiary/aromatic N) is 7. The Bertz CT molecular complexity index is 1620. The van der Waals surface area contributed by atoms with Crippen LogP contribution < -0.4 is 20.6 Å². The van der Waals surface area contributed by atoms with Gasteiger partial charge < -0.3 is 24.6 Å². The molecule has 0 spiro atoms. The zero-order valence-corrected chi connectivity index (χ0v) is 23.7. The van der Waals surface area contributed by atoms with Crippen LogP contribution in [0.25, 0.3) is 21.9 Å². The number of carbonyl (C=O) groups excluding carboxylic acids is 1. The van der Waals surface area contributed by atoms with Gasteiger partial charge in [0.2, 0.25) is 17.7 Å². The number of pyridine rings is 1. The number of hydrogen-bond acceptors (Lipinski definition) is 9. The lowest BCUT2D eigenvalue weighted by atomic mass is 9.93. The Morgan fingerprint density at radius 2 is 1.88 bits per heavy atom. The Labute approximate surface area is 237 Å². The molecule has 2 aliphatic rings. The molecular weight excluding hydrogens is 524 g/mol. The minimum Gasteiger partial charge on any atom is -0.474 e. The van der Waals surface area contributed by atoms with E-state index in [0.29, 0.717) is 36.2 Å². The number of nitrogens with one attached hydrogen (secondary N) is 1. The molecule has 0 bridgehead atoms. The topological polar surface area (TPSA) is 120 Å². The van der Waals surface area contributed by atoms with Crippen molar-refractivity contribution in [3.8, 4) is 5.88 Å². The molecule has 4 heterocycles. The zero-order valence-electron chi connectivity index (χ0n) is 23.7. The number of benzene rings is 1. The van der Waals surface area contributed by atoms with Crippen LogP contribution >= 0.6 is 0 Å². The molecule has 1 saturated carbocycles. The minimum atomic E-state index is -0.293. The van der Waals surface area contributed by atoms with E-state index in [4.69, 9.17) is 14.5 Å². The summed E-state index contributed by atoms with van der Waals surface area (Å²) in [5.41, 5.74) is 0.738. The van der Waals surface area contributed by atoms with Crippen LogP contribution in [0.15, 0.2) is 41.3 Å². The summed E-state index contributed by atoms with van der Waals surface area (Å²) in [7, 11) is 4.99. The first-order valence-electron chi connectivity index (χ1n) is 14.2. The number of hydrogen-bond donors (Lipinski definition) is 1. The number of rotatable bonds is 7. The third kappa shape index (κ3) is 5.56. The molecule has 1 aliphatic heterocycles. The second kappa shape index (κ2) is 11.4. The van der Waals surface area contributed by atoms with Gasteiger partial charge in [0, 0.05) is 45.7 Å². The molecule has 0 unspecified atom stereocenters. The summed E-state index contributed by atoms with van der Waals surface area (Å²) in [6, 6.07) is 10.6. The second-order valence-electron chi connectivity index (χ2n) is 11.0. The Morgan fingerprint density at radius 3 is 2.63 bits per heavy atom. The SMILES string of the molecule is CN(C)C(=O)Cn1c(=O)n(C)c2nc(NC3CCC(Oc4nc(N5CCOCC5)cc5ccccc45)CC3)ncc21. The summed E-state index contributed by atoms with van der Waals surface area (Å²) >= 11 is 0. The molecule has 2 fully saturated rings. The van der Waals surface area contributed by atoms with Crippen LogP contribution in [0.5, 0.6) is 5.88 Å². The summed E-state index contributed by atoms with van der Waals surface area (Å²) in [5.74, 6) is 1.92. The number of likely N-dealkylation sites (N-methyl/N-ethyl adjacent to an activating group) is 1. The van der Waals surface area contributed by atoms with Crippen molar-refractivity contribution in [1.82, 2.24) is 29.0 Å². The maximum absolute atomic E-state index is 12.8. The van der Waals surface area contributed by atoms with E-state index in [1.54, 1.807) is 27.3 Å². The molecule has 0 atom stereocenters. The molecule has 1 amide bonds. The van der Waals surface area contributed by atoms with Gasteiger partial charge in [-0.3, -0.25) is 13.9 Å². The molecule has 6 rings (SSSR count). The van der Waals surface area contributed by atoms with Crippen LogP contribution in [0.3, 0.4) is 0 Å². The average molecular weight is 561 g/mol. The van der Waals surface area contributed by atoms with Crippen molar-refractivity contribution in [2.45, 2.75) is 44.4 Å². The summed E-state index contributed by atoms with van der Waals surface area (Å²) < 4.78 is 14.9. The molecule has 216 valence electrons. The quantitative estimate of drug-likeness (QED) is 0.363. The molecule has 0 radical (unpaired) electrons. The highest BCUT2D eigenvalue weighted by molar-refractivity contribution is 5.89. The molecule has 12 nitrogen and oxygen atoms in total. The first kappa shape index (κ1) is 27.0. The first-order chi connectivity index (χ1) is 19.9. The van der Waals surface area contributed by atoms with E-state index in [2.05, 4.69) is 38.4 Å². The number of morpholine rings is 1. The zero-order chi connectivity index (χ0) is 28.5. The molecule has 1 aromatic carbocycles. The summed E-state index contributed by atoms with van der Waals surface area (Å²) in [5, 5.41) is 5.59. The van der Waals surface area contributed by atoms with Gasteiger partial charge in [-0.25, -0.2) is 9.78 Å². The van der Waals surface area contributed by atoms with Gasteiger partial charge in [0.1, 0.15) is 24.0 Å².